The lowest BCUT2D eigenvalue weighted by atomic mass is 10.3. The molecule has 0 aliphatic heterocycles. The van der Waals surface area contributed by atoms with Gasteiger partial charge in [-0.15, -0.1) is 11.3 Å². The predicted octanol–water partition coefficient (Wildman–Crippen LogP) is 2.67. The molecule has 0 aliphatic rings. The summed E-state index contributed by atoms with van der Waals surface area (Å²) in [5.41, 5.74) is 3.52. The zero-order valence-electron chi connectivity index (χ0n) is 18.4. The highest BCUT2D eigenvalue weighted by atomic mass is 32.1. The lowest BCUT2D eigenvalue weighted by molar-refractivity contribution is -0.127. The fourth-order valence-corrected chi connectivity index (χ4v) is 3.82. The van der Waals surface area contributed by atoms with Gasteiger partial charge in [0.25, 0.3) is 5.91 Å². The van der Waals surface area contributed by atoms with Crippen LogP contribution in [0.15, 0.2) is 41.6 Å². The van der Waals surface area contributed by atoms with E-state index in [0.717, 1.165) is 16.8 Å². The minimum atomic E-state index is -1.05. The number of aryl methyl sites for hydroxylation is 2. The average molecular weight is 469 g/mol. The van der Waals surface area contributed by atoms with Crippen molar-refractivity contribution in [1.82, 2.24) is 24.7 Å². The van der Waals surface area contributed by atoms with Gasteiger partial charge in [-0.3, -0.25) is 4.79 Å². The van der Waals surface area contributed by atoms with E-state index in [1.165, 1.54) is 6.33 Å². The summed E-state index contributed by atoms with van der Waals surface area (Å²) in [5, 5.41) is 21.0. The molecule has 1 amide bonds. The number of nitrogens with zero attached hydrogens (tertiary/aromatic N) is 5. The van der Waals surface area contributed by atoms with Crippen LogP contribution in [0.1, 0.15) is 18.1 Å². The van der Waals surface area contributed by atoms with E-state index in [1.54, 1.807) is 41.4 Å². The lowest BCUT2D eigenvalue weighted by Gasteiger charge is -2.20. The number of hydrogen-bond acceptors (Lipinski definition) is 9. The molecule has 0 fully saturated rings. The van der Waals surface area contributed by atoms with Crippen LogP contribution < -0.4 is 10.1 Å². The van der Waals surface area contributed by atoms with E-state index in [2.05, 4.69) is 25.4 Å². The van der Waals surface area contributed by atoms with E-state index >= 15 is 0 Å². The Morgan fingerprint density at radius 3 is 2.76 bits per heavy atom. The quantitative estimate of drug-likeness (QED) is 0.384. The summed E-state index contributed by atoms with van der Waals surface area (Å²) < 4.78 is 13.3. The van der Waals surface area contributed by atoms with Crippen molar-refractivity contribution >= 4 is 34.1 Å². The smallest absolute Gasteiger partial charge is 0.269 e. The molecular formula is C22H24N6O4S. The van der Waals surface area contributed by atoms with E-state index in [1.807, 2.05) is 30.7 Å². The van der Waals surface area contributed by atoms with Crippen LogP contribution in [0.4, 0.5) is 5.82 Å². The second-order valence-corrected chi connectivity index (χ2v) is 8.30. The molecule has 0 aromatic carbocycles. The van der Waals surface area contributed by atoms with E-state index in [0.29, 0.717) is 16.9 Å². The number of carbonyl (C=O) groups excluding carboxylic acids is 1. The molecule has 0 radical (unpaired) electrons. The van der Waals surface area contributed by atoms with Crippen molar-refractivity contribution in [3.05, 3.63) is 52.7 Å². The van der Waals surface area contributed by atoms with Crippen molar-refractivity contribution in [2.75, 3.05) is 18.5 Å². The van der Waals surface area contributed by atoms with Gasteiger partial charge < -0.3 is 19.9 Å². The number of aliphatic hydroxyl groups is 1. The van der Waals surface area contributed by atoms with Gasteiger partial charge in [-0.25, -0.2) is 19.6 Å². The lowest BCUT2D eigenvalue weighted by Crippen LogP contribution is -2.38. The van der Waals surface area contributed by atoms with Gasteiger partial charge in [-0.2, -0.15) is 5.10 Å². The number of amides is 1. The highest BCUT2D eigenvalue weighted by Crippen LogP contribution is 2.27. The Morgan fingerprint density at radius 1 is 1.21 bits per heavy atom. The topological polar surface area (TPSA) is 124 Å². The summed E-state index contributed by atoms with van der Waals surface area (Å²) >= 11 is 1.57. The molecule has 2 N–H and O–H groups in total. The first-order valence-electron chi connectivity index (χ1n) is 10.3. The Labute approximate surface area is 194 Å². The summed E-state index contributed by atoms with van der Waals surface area (Å²) in [6, 6.07) is 3.55. The van der Waals surface area contributed by atoms with Gasteiger partial charge in [0.05, 0.1) is 31.2 Å². The summed E-state index contributed by atoms with van der Waals surface area (Å²) in [5.74, 6) is 0.142. The van der Waals surface area contributed by atoms with Crippen molar-refractivity contribution in [3.8, 4) is 11.6 Å². The minimum Gasteiger partial charge on any atom is -0.461 e. The number of carbonyl (C=O) groups is 1. The minimum absolute atomic E-state index is 0.0946. The van der Waals surface area contributed by atoms with Gasteiger partial charge >= 0.3 is 0 Å². The molecule has 33 heavy (non-hydrogen) atoms. The molecule has 172 valence electrons. The van der Waals surface area contributed by atoms with Crippen LogP contribution in [0.2, 0.25) is 0 Å². The van der Waals surface area contributed by atoms with E-state index in [4.69, 9.17) is 9.47 Å². The molecular weight excluding hydrogens is 444 g/mol. The molecule has 0 spiro atoms. The van der Waals surface area contributed by atoms with E-state index in [-0.39, 0.29) is 19.1 Å². The largest absolute Gasteiger partial charge is 0.461 e. The molecule has 10 nitrogen and oxygen atoms in total. The summed E-state index contributed by atoms with van der Waals surface area (Å²) in [6.07, 6.45) is 3.12. The first-order chi connectivity index (χ1) is 16.0. The molecule has 4 aromatic rings. The Kier molecular flexibility index (Phi) is 6.92. The zero-order chi connectivity index (χ0) is 23.4. The average Bonchev–Trinajstić information content (AvgIpc) is 3.43. The Morgan fingerprint density at radius 2 is 2.06 bits per heavy atom. The highest BCUT2D eigenvalue weighted by molar-refractivity contribution is 7.08. The fraction of sp³-hybridized carbons (Fsp3) is 0.318. The van der Waals surface area contributed by atoms with Gasteiger partial charge in [-0.05, 0) is 43.3 Å². The van der Waals surface area contributed by atoms with Crippen LogP contribution in [0.3, 0.4) is 0 Å². The number of thiophene rings is 1. The van der Waals surface area contributed by atoms with Gasteiger partial charge in [0.15, 0.2) is 5.65 Å². The molecule has 0 bridgehead atoms. The van der Waals surface area contributed by atoms with Crippen molar-refractivity contribution in [3.63, 3.8) is 0 Å². The van der Waals surface area contributed by atoms with Gasteiger partial charge in [0, 0.05) is 11.6 Å². The summed E-state index contributed by atoms with van der Waals surface area (Å²) in [7, 11) is 0. The number of aromatic nitrogens is 5. The molecule has 4 rings (SSSR count). The van der Waals surface area contributed by atoms with Crippen molar-refractivity contribution in [2.24, 2.45) is 0 Å². The Bertz CT molecular complexity index is 1240. The number of aliphatic hydroxyl groups excluding tert-OH is 1. The second-order valence-electron chi connectivity index (χ2n) is 7.56. The van der Waals surface area contributed by atoms with Crippen molar-refractivity contribution < 1.29 is 19.4 Å². The third kappa shape index (κ3) is 5.16. The van der Waals surface area contributed by atoms with Crippen LogP contribution in [0.25, 0.3) is 16.7 Å². The van der Waals surface area contributed by atoms with Crippen LogP contribution in [0, 0.1) is 13.8 Å². The first-order valence-corrected chi connectivity index (χ1v) is 11.2. The third-order valence-electron chi connectivity index (χ3n) is 4.88. The van der Waals surface area contributed by atoms with Crippen LogP contribution in [-0.2, 0) is 9.53 Å². The van der Waals surface area contributed by atoms with E-state index in [9.17, 15) is 9.90 Å². The second kappa shape index (κ2) is 10.0. The Balaban J connectivity index is 1.61. The number of fused-ring (bicyclic) bond motifs is 1. The maximum absolute atomic E-state index is 13.0. The number of nitrogens with one attached hydrogen (secondary N) is 1. The number of pyridine rings is 1. The van der Waals surface area contributed by atoms with Gasteiger partial charge in [0.1, 0.15) is 17.5 Å². The summed E-state index contributed by atoms with van der Waals surface area (Å²) in [4.78, 5) is 25.8. The van der Waals surface area contributed by atoms with Crippen LogP contribution >= 0.6 is 11.3 Å². The third-order valence-corrected chi connectivity index (χ3v) is 5.73. The molecule has 4 heterocycles. The molecule has 2 unspecified atom stereocenters. The molecule has 4 aromatic heterocycles. The number of hydrogen-bond donors (Lipinski definition) is 2. The zero-order valence-corrected chi connectivity index (χ0v) is 19.2. The van der Waals surface area contributed by atoms with Crippen LogP contribution in [0.5, 0.6) is 5.88 Å². The maximum atomic E-state index is 13.0. The predicted molar refractivity (Wildman–Crippen MR) is 124 cm³/mol. The van der Waals surface area contributed by atoms with Gasteiger partial charge in [0.2, 0.25) is 12.0 Å². The molecule has 11 heteroatoms. The molecule has 2 atom stereocenters. The maximum Gasteiger partial charge on any atom is 0.269 e. The molecule has 0 saturated heterocycles. The number of rotatable bonds is 9. The number of anilines is 1. The van der Waals surface area contributed by atoms with Crippen molar-refractivity contribution in [1.29, 1.82) is 0 Å². The normalized spacial score (nSPS) is 13.1. The van der Waals surface area contributed by atoms with E-state index < -0.39 is 18.1 Å². The van der Waals surface area contributed by atoms with Crippen molar-refractivity contribution in [2.45, 2.75) is 33.0 Å². The fourth-order valence-electron chi connectivity index (χ4n) is 3.01. The molecule has 0 aliphatic carbocycles. The SMILES string of the molecule is Cc1ccc(NC(=O)C(COC(C)CO)Oc2ncnc3c2cnn3-c2cscc2C)nc1. The van der Waals surface area contributed by atoms with Crippen LogP contribution in [-0.4, -0.2) is 61.2 Å². The Hall–Kier alpha value is -3.41. The molecule has 0 saturated carbocycles. The monoisotopic (exact) mass is 468 g/mol. The number of ether oxygens (including phenoxy) is 2. The van der Waals surface area contributed by atoms with Gasteiger partial charge in [-0.1, -0.05) is 6.07 Å². The summed E-state index contributed by atoms with van der Waals surface area (Å²) in [6.45, 7) is 5.33. The first kappa shape index (κ1) is 22.8. The standard InChI is InChI=1S/C22H24N6O4S/c1-13-4-5-19(23-6-13)27-21(30)18(9-31-15(3)8-29)32-22-16-7-26-28(20(16)24-12-25-22)17-11-33-10-14(17)2/h4-7,10-12,15,18,29H,8-9H2,1-3H3,(H,23,27,30). The highest BCUT2D eigenvalue weighted by Gasteiger charge is 2.25.